The molecule has 0 aliphatic carbocycles. The van der Waals surface area contributed by atoms with E-state index in [0.717, 1.165) is 0 Å². The second kappa shape index (κ2) is 6.33. The number of hydrogen-bond donors (Lipinski definition) is 2. The number of carbonyl (C=O) groups is 1. The van der Waals surface area contributed by atoms with Gasteiger partial charge in [-0.3, -0.25) is 4.79 Å². The fourth-order valence-corrected chi connectivity index (χ4v) is 3.33. The van der Waals surface area contributed by atoms with Crippen molar-refractivity contribution in [3.05, 3.63) is 29.8 Å². The Morgan fingerprint density at radius 3 is 2.47 bits per heavy atom. The Hall–Kier alpha value is -1.15. The maximum absolute atomic E-state index is 12.3. The van der Waals surface area contributed by atoms with Crippen LogP contribution in [0.3, 0.4) is 0 Å². The summed E-state index contributed by atoms with van der Waals surface area (Å²) in [6.07, 6.45) is 0. The molecule has 1 amide bonds. The Labute approximate surface area is 118 Å². The Balaban J connectivity index is 0.00000180. The number of rotatable bonds is 3. The zero-order chi connectivity index (χ0) is 13.2. The minimum Gasteiger partial charge on any atom is -0.366 e. The zero-order valence-electron chi connectivity index (χ0n) is 10.2. The lowest BCUT2D eigenvalue weighted by Gasteiger charge is -2.26. The van der Waals surface area contributed by atoms with Crippen molar-refractivity contribution in [2.75, 3.05) is 26.2 Å². The minimum atomic E-state index is -3.53. The van der Waals surface area contributed by atoms with Gasteiger partial charge < -0.3 is 11.1 Å². The number of primary amides is 1. The summed E-state index contributed by atoms with van der Waals surface area (Å²) in [5.41, 5.74) is 5.35. The molecule has 0 spiro atoms. The molecule has 1 aliphatic heterocycles. The first kappa shape index (κ1) is 15.9. The van der Waals surface area contributed by atoms with E-state index in [1.165, 1.54) is 28.6 Å². The predicted octanol–water partition coefficient (Wildman–Crippen LogP) is -0.199. The maximum atomic E-state index is 12.3. The molecule has 1 saturated heterocycles. The average Bonchev–Trinajstić information content (AvgIpc) is 2.40. The third-order valence-corrected chi connectivity index (χ3v) is 4.73. The van der Waals surface area contributed by atoms with Crippen LogP contribution in [0.1, 0.15) is 10.4 Å². The average molecular weight is 306 g/mol. The third-order valence-electron chi connectivity index (χ3n) is 2.83. The number of amides is 1. The lowest BCUT2D eigenvalue weighted by Crippen LogP contribution is -2.46. The first-order valence-corrected chi connectivity index (χ1v) is 7.06. The molecule has 19 heavy (non-hydrogen) atoms. The van der Waals surface area contributed by atoms with Crippen LogP contribution < -0.4 is 11.1 Å². The molecule has 1 fully saturated rings. The van der Waals surface area contributed by atoms with Gasteiger partial charge in [0.25, 0.3) is 0 Å². The molecule has 2 rings (SSSR count). The zero-order valence-corrected chi connectivity index (χ0v) is 11.8. The standard InChI is InChI=1S/C11H15N3O3S.ClH/c12-11(15)9-2-1-3-10(8-9)18(16,17)14-6-4-13-5-7-14;/h1-3,8,13H,4-7H2,(H2,12,15);1H. The van der Waals surface area contributed by atoms with Crippen LogP contribution in [-0.4, -0.2) is 44.8 Å². The summed E-state index contributed by atoms with van der Waals surface area (Å²) in [6.45, 7) is 2.13. The highest BCUT2D eigenvalue weighted by Crippen LogP contribution is 2.17. The third kappa shape index (κ3) is 3.44. The topological polar surface area (TPSA) is 92.5 Å². The van der Waals surface area contributed by atoms with Gasteiger partial charge >= 0.3 is 0 Å². The van der Waals surface area contributed by atoms with Gasteiger partial charge in [-0.2, -0.15) is 4.31 Å². The van der Waals surface area contributed by atoms with Gasteiger partial charge in [-0.05, 0) is 18.2 Å². The molecular formula is C11H16ClN3O3S. The molecule has 0 unspecified atom stereocenters. The van der Waals surface area contributed by atoms with Crippen molar-refractivity contribution in [3.63, 3.8) is 0 Å². The first-order valence-electron chi connectivity index (χ1n) is 5.62. The second-order valence-corrected chi connectivity index (χ2v) is 5.98. The number of carbonyl (C=O) groups excluding carboxylic acids is 1. The first-order chi connectivity index (χ1) is 8.51. The highest BCUT2D eigenvalue weighted by Gasteiger charge is 2.26. The van der Waals surface area contributed by atoms with Gasteiger partial charge in [0.1, 0.15) is 0 Å². The molecule has 6 nitrogen and oxygen atoms in total. The van der Waals surface area contributed by atoms with Crippen LogP contribution >= 0.6 is 12.4 Å². The molecule has 106 valence electrons. The number of benzene rings is 1. The quantitative estimate of drug-likeness (QED) is 0.809. The molecule has 1 aromatic carbocycles. The van der Waals surface area contributed by atoms with Crippen LogP contribution in [0.2, 0.25) is 0 Å². The smallest absolute Gasteiger partial charge is 0.248 e. The molecule has 1 aliphatic rings. The van der Waals surface area contributed by atoms with Gasteiger partial charge in [0, 0.05) is 31.7 Å². The van der Waals surface area contributed by atoms with E-state index in [9.17, 15) is 13.2 Å². The van der Waals surface area contributed by atoms with Crippen molar-refractivity contribution in [1.29, 1.82) is 0 Å². The van der Waals surface area contributed by atoms with Crippen molar-refractivity contribution in [3.8, 4) is 0 Å². The van der Waals surface area contributed by atoms with Crippen molar-refractivity contribution in [2.45, 2.75) is 4.90 Å². The van der Waals surface area contributed by atoms with Crippen LogP contribution in [0.15, 0.2) is 29.2 Å². The number of nitrogens with zero attached hydrogens (tertiary/aromatic N) is 1. The number of hydrogen-bond acceptors (Lipinski definition) is 4. The van der Waals surface area contributed by atoms with Crippen molar-refractivity contribution >= 4 is 28.3 Å². The minimum absolute atomic E-state index is 0. The fraction of sp³-hybridized carbons (Fsp3) is 0.364. The van der Waals surface area contributed by atoms with E-state index in [0.29, 0.717) is 26.2 Å². The van der Waals surface area contributed by atoms with Gasteiger partial charge in [0.15, 0.2) is 0 Å². The Morgan fingerprint density at radius 2 is 1.89 bits per heavy atom. The van der Waals surface area contributed by atoms with Crippen LogP contribution in [0.5, 0.6) is 0 Å². The summed E-state index contributed by atoms with van der Waals surface area (Å²) in [5, 5.41) is 3.09. The fourth-order valence-electron chi connectivity index (χ4n) is 1.84. The number of halogens is 1. The van der Waals surface area contributed by atoms with E-state index in [4.69, 9.17) is 5.73 Å². The van der Waals surface area contributed by atoms with E-state index < -0.39 is 15.9 Å². The Morgan fingerprint density at radius 1 is 1.26 bits per heavy atom. The Bertz CT molecular complexity index is 556. The molecule has 0 radical (unpaired) electrons. The summed E-state index contributed by atoms with van der Waals surface area (Å²) < 4.78 is 26.0. The normalized spacial score (nSPS) is 16.6. The molecule has 8 heteroatoms. The van der Waals surface area contributed by atoms with Gasteiger partial charge in [0.05, 0.1) is 4.90 Å². The molecule has 1 aromatic rings. The van der Waals surface area contributed by atoms with Crippen LogP contribution in [0, 0.1) is 0 Å². The Kier molecular flexibility index (Phi) is 5.30. The number of piperazine rings is 1. The number of sulfonamides is 1. The predicted molar refractivity (Wildman–Crippen MR) is 73.8 cm³/mol. The van der Waals surface area contributed by atoms with Crippen molar-refractivity contribution in [1.82, 2.24) is 9.62 Å². The molecule has 3 N–H and O–H groups in total. The number of nitrogens with two attached hydrogens (primary N) is 1. The van der Waals surface area contributed by atoms with Gasteiger partial charge in [-0.25, -0.2) is 8.42 Å². The van der Waals surface area contributed by atoms with E-state index in [1.807, 2.05) is 0 Å². The lowest BCUT2D eigenvalue weighted by molar-refractivity contribution is 0.1000. The molecule has 0 atom stereocenters. The molecule has 1 heterocycles. The molecular weight excluding hydrogens is 290 g/mol. The highest BCUT2D eigenvalue weighted by atomic mass is 35.5. The van der Waals surface area contributed by atoms with E-state index in [2.05, 4.69) is 5.32 Å². The summed E-state index contributed by atoms with van der Waals surface area (Å²) >= 11 is 0. The highest BCUT2D eigenvalue weighted by molar-refractivity contribution is 7.89. The van der Waals surface area contributed by atoms with Gasteiger partial charge in [-0.15, -0.1) is 12.4 Å². The SMILES string of the molecule is Cl.NC(=O)c1cccc(S(=O)(=O)N2CCNCC2)c1. The monoisotopic (exact) mass is 305 g/mol. The summed E-state index contributed by atoms with van der Waals surface area (Å²) in [4.78, 5) is 11.2. The summed E-state index contributed by atoms with van der Waals surface area (Å²) in [6, 6.07) is 5.82. The van der Waals surface area contributed by atoms with E-state index in [-0.39, 0.29) is 22.9 Å². The van der Waals surface area contributed by atoms with Gasteiger partial charge in [0.2, 0.25) is 15.9 Å². The molecule has 0 saturated carbocycles. The summed E-state index contributed by atoms with van der Waals surface area (Å²) in [5.74, 6) is -0.632. The van der Waals surface area contributed by atoms with Crippen LogP contribution in [0.25, 0.3) is 0 Å². The molecule has 0 aromatic heterocycles. The van der Waals surface area contributed by atoms with Crippen molar-refractivity contribution < 1.29 is 13.2 Å². The van der Waals surface area contributed by atoms with Crippen molar-refractivity contribution in [2.24, 2.45) is 5.73 Å². The number of nitrogens with one attached hydrogen (secondary N) is 1. The summed E-state index contributed by atoms with van der Waals surface area (Å²) in [7, 11) is -3.53. The lowest BCUT2D eigenvalue weighted by atomic mass is 10.2. The van der Waals surface area contributed by atoms with Gasteiger partial charge in [-0.1, -0.05) is 6.07 Å². The largest absolute Gasteiger partial charge is 0.366 e. The van der Waals surface area contributed by atoms with Crippen LogP contribution in [-0.2, 0) is 10.0 Å². The van der Waals surface area contributed by atoms with Crippen LogP contribution in [0.4, 0.5) is 0 Å². The van der Waals surface area contributed by atoms with E-state index in [1.54, 1.807) is 0 Å². The molecule has 0 bridgehead atoms. The van der Waals surface area contributed by atoms with E-state index >= 15 is 0 Å². The maximum Gasteiger partial charge on any atom is 0.248 e. The second-order valence-electron chi connectivity index (χ2n) is 4.05.